The highest BCUT2D eigenvalue weighted by molar-refractivity contribution is 5.94. The maximum Gasteiger partial charge on any atom is 0.159 e. The van der Waals surface area contributed by atoms with Gasteiger partial charge in [-0.2, -0.15) is 0 Å². The number of Topliss-reactive ketones (excluding diaryl/α,β-unsaturated/α-hetero) is 1. The second-order valence-electron chi connectivity index (χ2n) is 5.67. The van der Waals surface area contributed by atoms with Gasteiger partial charge in [-0.05, 0) is 49.8 Å². The average molecular weight is 244 g/mol. The van der Waals surface area contributed by atoms with E-state index in [-0.39, 0.29) is 5.78 Å². The van der Waals surface area contributed by atoms with E-state index in [0.29, 0.717) is 5.92 Å². The minimum atomic E-state index is 0.169. The summed E-state index contributed by atoms with van der Waals surface area (Å²) in [7, 11) is 0. The third-order valence-electron chi connectivity index (χ3n) is 4.22. The molecule has 2 rings (SSSR count). The third-order valence-corrected chi connectivity index (χ3v) is 4.22. The van der Waals surface area contributed by atoms with Gasteiger partial charge in [-0.15, -0.1) is 0 Å². The van der Waals surface area contributed by atoms with Gasteiger partial charge < -0.3 is 0 Å². The normalized spacial score (nSPS) is 18.1. The predicted octanol–water partition coefficient (Wildman–Crippen LogP) is 5.03. The van der Waals surface area contributed by atoms with Gasteiger partial charge in [0.25, 0.3) is 0 Å². The molecule has 0 unspecified atom stereocenters. The summed E-state index contributed by atoms with van der Waals surface area (Å²) in [4.78, 5) is 11.4. The Bertz CT molecular complexity index is 412. The average Bonchev–Trinajstić information content (AvgIpc) is 2.29. The molecule has 0 radical (unpaired) electrons. The monoisotopic (exact) mass is 244 g/mol. The first-order valence-electron chi connectivity index (χ1n) is 7.30. The Morgan fingerprint density at radius 2 is 1.67 bits per heavy atom. The van der Waals surface area contributed by atoms with Crippen molar-refractivity contribution < 1.29 is 4.79 Å². The van der Waals surface area contributed by atoms with Crippen LogP contribution in [0, 0.1) is 6.92 Å². The standard InChI is InChI=1S/C17H24O/c1-13-12-16(14(2)18)10-11-17(13)15-8-6-4-3-5-7-9-15/h10-12,15H,3-9H2,1-2H3. The van der Waals surface area contributed by atoms with Crippen LogP contribution in [0.25, 0.3) is 0 Å². The zero-order chi connectivity index (χ0) is 13.0. The zero-order valence-electron chi connectivity index (χ0n) is 11.7. The highest BCUT2D eigenvalue weighted by Crippen LogP contribution is 2.32. The highest BCUT2D eigenvalue weighted by Gasteiger charge is 2.16. The Morgan fingerprint density at radius 1 is 1.06 bits per heavy atom. The topological polar surface area (TPSA) is 17.1 Å². The van der Waals surface area contributed by atoms with E-state index in [2.05, 4.69) is 19.1 Å². The van der Waals surface area contributed by atoms with Crippen molar-refractivity contribution in [1.29, 1.82) is 0 Å². The van der Waals surface area contributed by atoms with Crippen LogP contribution in [0.5, 0.6) is 0 Å². The number of carbonyl (C=O) groups is 1. The Kier molecular flexibility index (Phi) is 4.57. The summed E-state index contributed by atoms with van der Waals surface area (Å²) < 4.78 is 0. The number of hydrogen-bond donors (Lipinski definition) is 0. The van der Waals surface area contributed by atoms with E-state index in [1.807, 2.05) is 6.07 Å². The molecule has 1 heteroatoms. The Balaban J connectivity index is 2.18. The largest absolute Gasteiger partial charge is 0.295 e. The molecular weight excluding hydrogens is 220 g/mol. The number of carbonyl (C=O) groups excluding carboxylic acids is 1. The molecule has 0 N–H and O–H groups in total. The summed E-state index contributed by atoms with van der Waals surface area (Å²) in [5.41, 5.74) is 3.62. The lowest BCUT2D eigenvalue weighted by molar-refractivity contribution is 0.101. The van der Waals surface area contributed by atoms with Crippen molar-refractivity contribution >= 4 is 5.78 Å². The smallest absolute Gasteiger partial charge is 0.159 e. The molecule has 0 heterocycles. The van der Waals surface area contributed by atoms with E-state index in [9.17, 15) is 4.79 Å². The SMILES string of the molecule is CC(=O)c1ccc(C2CCCCCCC2)c(C)c1. The van der Waals surface area contributed by atoms with Crippen molar-refractivity contribution in [3.8, 4) is 0 Å². The van der Waals surface area contributed by atoms with Crippen LogP contribution in [-0.4, -0.2) is 5.78 Å². The molecule has 1 aliphatic carbocycles. The van der Waals surface area contributed by atoms with Crippen LogP contribution in [-0.2, 0) is 0 Å². The van der Waals surface area contributed by atoms with Crippen molar-refractivity contribution in [1.82, 2.24) is 0 Å². The van der Waals surface area contributed by atoms with Gasteiger partial charge in [-0.25, -0.2) is 0 Å². The maximum absolute atomic E-state index is 11.4. The number of hydrogen-bond acceptors (Lipinski definition) is 1. The zero-order valence-corrected chi connectivity index (χ0v) is 11.7. The van der Waals surface area contributed by atoms with Crippen molar-refractivity contribution in [3.05, 3.63) is 34.9 Å². The van der Waals surface area contributed by atoms with E-state index in [1.165, 1.54) is 56.1 Å². The molecule has 0 aliphatic heterocycles. The first kappa shape index (κ1) is 13.3. The molecule has 0 atom stereocenters. The lowest BCUT2D eigenvalue weighted by Crippen LogP contribution is -2.05. The molecule has 1 aliphatic rings. The van der Waals surface area contributed by atoms with Gasteiger partial charge >= 0.3 is 0 Å². The number of aryl methyl sites for hydroxylation is 1. The molecule has 1 aromatic carbocycles. The molecule has 1 aromatic rings. The van der Waals surface area contributed by atoms with Crippen LogP contribution in [0.15, 0.2) is 18.2 Å². The second-order valence-corrected chi connectivity index (χ2v) is 5.67. The fraction of sp³-hybridized carbons (Fsp3) is 0.588. The maximum atomic E-state index is 11.4. The van der Waals surface area contributed by atoms with Gasteiger partial charge in [0.2, 0.25) is 0 Å². The Labute approximate surface area is 111 Å². The molecule has 1 nitrogen and oxygen atoms in total. The van der Waals surface area contributed by atoms with Gasteiger partial charge in [0.15, 0.2) is 5.78 Å². The predicted molar refractivity (Wildman–Crippen MR) is 76.2 cm³/mol. The first-order chi connectivity index (χ1) is 8.68. The van der Waals surface area contributed by atoms with Crippen LogP contribution < -0.4 is 0 Å². The van der Waals surface area contributed by atoms with Crippen molar-refractivity contribution in [3.63, 3.8) is 0 Å². The van der Waals surface area contributed by atoms with E-state index >= 15 is 0 Å². The van der Waals surface area contributed by atoms with Gasteiger partial charge in [-0.1, -0.05) is 44.2 Å². The minimum absolute atomic E-state index is 0.169. The number of benzene rings is 1. The van der Waals surface area contributed by atoms with E-state index < -0.39 is 0 Å². The van der Waals surface area contributed by atoms with Crippen molar-refractivity contribution in [2.75, 3.05) is 0 Å². The molecule has 0 aromatic heterocycles. The second kappa shape index (κ2) is 6.17. The molecule has 0 spiro atoms. The molecule has 0 saturated heterocycles. The third kappa shape index (κ3) is 3.22. The van der Waals surface area contributed by atoms with Crippen LogP contribution >= 0.6 is 0 Å². The van der Waals surface area contributed by atoms with Gasteiger partial charge in [-0.3, -0.25) is 4.79 Å². The summed E-state index contributed by atoms with van der Waals surface area (Å²) in [6.07, 6.45) is 9.55. The molecule has 1 saturated carbocycles. The molecule has 18 heavy (non-hydrogen) atoms. The molecule has 98 valence electrons. The van der Waals surface area contributed by atoms with Gasteiger partial charge in [0.05, 0.1) is 0 Å². The summed E-state index contributed by atoms with van der Waals surface area (Å²) in [5, 5.41) is 0. The summed E-state index contributed by atoms with van der Waals surface area (Å²) >= 11 is 0. The molecule has 0 amide bonds. The summed E-state index contributed by atoms with van der Waals surface area (Å²) in [6, 6.07) is 6.26. The highest BCUT2D eigenvalue weighted by atomic mass is 16.1. The van der Waals surface area contributed by atoms with Crippen molar-refractivity contribution in [2.45, 2.75) is 64.7 Å². The first-order valence-corrected chi connectivity index (χ1v) is 7.30. The molecular formula is C17H24O. The fourth-order valence-corrected chi connectivity index (χ4v) is 3.12. The summed E-state index contributed by atoms with van der Waals surface area (Å²) in [6.45, 7) is 3.80. The quantitative estimate of drug-likeness (QED) is 0.667. The van der Waals surface area contributed by atoms with Crippen LogP contribution in [0.2, 0.25) is 0 Å². The number of rotatable bonds is 2. The van der Waals surface area contributed by atoms with E-state index in [4.69, 9.17) is 0 Å². The van der Waals surface area contributed by atoms with Crippen LogP contribution in [0.4, 0.5) is 0 Å². The lowest BCUT2D eigenvalue weighted by atomic mass is 9.83. The Hall–Kier alpha value is -1.11. The van der Waals surface area contributed by atoms with Gasteiger partial charge in [0.1, 0.15) is 0 Å². The van der Waals surface area contributed by atoms with E-state index in [0.717, 1.165) is 5.56 Å². The minimum Gasteiger partial charge on any atom is -0.295 e. The molecule has 0 bridgehead atoms. The van der Waals surface area contributed by atoms with Crippen molar-refractivity contribution in [2.24, 2.45) is 0 Å². The van der Waals surface area contributed by atoms with Gasteiger partial charge in [0, 0.05) is 5.56 Å². The molecule has 1 fully saturated rings. The fourth-order valence-electron chi connectivity index (χ4n) is 3.12. The number of ketones is 1. The summed E-state index contributed by atoms with van der Waals surface area (Å²) in [5.74, 6) is 0.883. The Morgan fingerprint density at radius 3 is 2.22 bits per heavy atom. The lowest BCUT2D eigenvalue weighted by Gasteiger charge is -2.22. The van der Waals surface area contributed by atoms with E-state index in [1.54, 1.807) is 6.92 Å². The van der Waals surface area contributed by atoms with Crippen LogP contribution in [0.3, 0.4) is 0 Å². The van der Waals surface area contributed by atoms with Crippen LogP contribution in [0.1, 0.15) is 79.3 Å².